The Labute approximate surface area is 93.1 Å². The van der Waals surface area contributed by atoms with E-state index >= 15 is 0 Å². The maximum Gasteiger partial charge on any atom is 0.434 e. The maximum atomic E-state index is 12.5. The summed E-state index contributed by atoms with van der Waals surface area (Å²) in [6.07, 6.45) is -4.85. The van der Waals surface area contributed by atoms with E-state index < -0.39 is 28.7 Å². The summed E-state index contributed by atoms with van der Waals surface area (Å²) in [7, 11) is 0. The molecule has 0 saturated heterocycles. The van der Waals surface area contributed by atoms with Gasteiger partial charge in [0.1, 0.15) is 5.56 Å². The van der Waals surface area contributed by atoms with E-state index in [0.717, 1.165) is 0 Å². The van der Waals surface area contributed by atoms with Crippen molar-refractivity contribution in [3.05, 3.63) is 22.2 Å². The van der Waals surface area contributed by atoms with Gasteiger partial charge in [-0.05, 0) is 18.0 Å². The van der Waals surface area contributed by atoms with Crippen molar-refractivity contribution in [3.63, 3.8) is 0 Å². The van der Waals surface area contributed by atoms with Crippen molar-refractivity contribution in [2.24, 2.45) is 0 Å². The summed E-state index contributed by atoms with van der Waals surface area (Å²) in [5.41, 5.74) is -2.70. The number of alkyl halides is 3. The number of aryl methyl sites for hydroxylation is 1. The quantitative estimate of drug-likeness (QED) is 0.823. The Morgan fingerprint density at radius 2 is 2.00 bits per heavy atom. The molecule has 0 amide bonds. The topological polar surface area (TPSA) is 63.1 Å². The minimum atomic E-state index is -4.87. The number of rotatable bonds is 2. The lowest BCUT2D eigenvalue weighted by atomic mass is 10.1. The molecule has 0 saturated carbocycles. The van der Waals surface area contributed by atoms with Crippen LogP contribution in [0.5, 0.6) is 0 Å². The van der Waals surface area contributed by atoms with Gasteiger partial charge in [0.15, 0.2) is 5.69 Å². The monoisotopic (exact) mass is 254 g/mol. The van der Waals surface area contributed by atoms with E-state index in [1.165, 1.54) is 6.92 Å². The van der Waals surface area contributed by atoms with Crippen molar-refractivity contribution < 1.29 is 23.1 Å². The molecule has 0 aliphatic carbocycles. The third-order valence-electron chi connectivity index (χ3n) is 1.77. The second kappa shape index (κ2) is 4.25. The van der Waals surface area contributed by atoms with Crippen molar-refractivity contribution in [1.29, 1.82) is 0 Å². The first-order chi connectivity index (χ1) is 7.27. The lowest BCUT2D eigenvalue weighted by Gasteiger charge is -2.11. The van der Waals surface area contributed by atoms with E-state index in [9.17, 15) is 18.0 Å². The highest BCUT2D eigenvalue weighted by Crippen LogP contribution is 2.32. The number of carboxylic acid groups (broad SMARTS) is 1. The molecule has 1 aromatic rings. The molecule has 8 heteroatoms. The SMILES string of the molecule is CCc1nc(Cl)nc(C(F)(F)F)c1C(=O)O. The van der Waals surface area contributed by atoms with Gasteiger partial charge in [-0.15, -0.1) is 0 Å². The van der Waals surface area contributed by atoms with E-state index in [4.69, 9.17) is 16.7 Å². The zero-order valence-electron chi connectivity index (χ0n) is 7.97. The van der Waals surface area contributed by atoms with Crippen molar-refractivity contribution >= 4 is 17.6 Å². The first kappa shape index (κ1) is 12.7. The summed E-state index contributed by atoms with van der Waals surface area (Å²) in [6.45, 7) is 1.48. The summed E-state index contributed by atoms with van der Waals surface area (Å²) in [5, 5.41) is 8.09. The average molecular weight is 255 g/mol. The number of nitrogens with zero attached hydrogens (tertiary/aromatic N) is 2. The molecule has 0 unspecified atom stereocenters. The molecule has 0 spiro atoms. The number of aromatic carboxylic acids is 1. The Morgan fingerprint density at radius 3 is 2.38 bits per heavy atom. The van der Waals surface area contributed by atoms with Gasteiger partial charge in [0.25, 0.3) is 0 Å². The molecule has 0 aromatic carbocycles. The molecule has 0 fully saturated rings. The van der Waals surface area contributed by atoms with Crippen LogP contribution in [0.15, 0.2) is 0 Å². The summed E-state index contributed by atoms with van der Waals surface area (Å²) in [5.74, 6) is -1.72. The van der Waals surface area contributed by atoms with Crippen LogP contribution in [-0.4, -0.2) is 21.0 Å². The molecule has 1 heterocycles. The molecule has 1 aromatic heterocycles. The second-order valence-corrected chi connectivity index (χ2v) is 3.16. The lowest BCUT2D eigenvalue weighted by Crippen LogP contribution is -2.19. The number of aromatic nitrogens is 2. The van der Waals surface area contributed by atoms with E-state index in [1.807, 2.05) is 0 Å². The maximum absolute atomic E-state index is 12.5. The van der Waals surface area contributed by atoms with Gasteiger partial charge in [-0.3, -0.25) is 0 Å². The van der Waals surface area contributed by atoms with Gasteiger partial charge < -0.3 is 5.11 Å². The first-order valence-electron chi connectivity index (χ1n) is 4.14. The molecule has 1 rings (SSSR count). The standard InChI is InChI=1S/C8H6ClF3N2O2/c1-2-3-4(6(15)16)5(8(10,11)12)14-7(9)13-3/h2H2,1H3,(H,15,16). The average Bonchev–Trinajstić information content (AvgIpc) is 2.14. The molecule has 88 valence electrons. The number of hydrogen-bond acceptors (Lipinski definition) is 3. The van der Waals surface area contributed by atoms with Gasteiger partial charge in [-0.25, -0.2) is 14.8 Å². The molecular formula is C8H6ClF3N2O2. The molecule has 0 radical (unpaired) electrons. The highest BCUT2D eigenvalue weighted by molar-refractivity contribution is 6.28. The predicted octanol–water partition coefficient (Wildman–Crippen LogP) is 2.41. The van der Waals surface area contributed by atoms with Crippen molar-refractivity contribution in [2.75, 3.05) is 0 Å². The van der Waals surface area contributed by atoms with Crippen LogP contribution in [0, 0.1) is 0 Å². The zero-order valence-corrected chi connectivity index (χ0v) is 8.72. The van der Waals surface area contributed by atoms with Crippen LogP contribution in [-0.2, 0) is 12.6 Å². The van der Waals surface area contributed by atoms with E-state index in [2.05, 4.69) is 9.97 Å². The van der Waals surface area contributed by atoms with Crippen molar-refractivity contribution in [1.82, 2.24) is 9.97 Å². The van der Waals surface area contributed by atoms with Crippen molar-refractivity contribution in [3.8, 4) is 0 Å². The highest BCUT2D eigenvalue weighted by atomic mass is 35.5. The predicted molar refractivity (Wildman–Crippen MR) is 48.4 cm³/mol. The lowest BCUT2D eigenvalue weighted by molar-refractivity contribution is -0.141. The Bertz CT molecular complexity index is 434. The van der Waals surface area contributed by atoms with Crippen LogP contribution in [0.4, 0.5) is 13.2 Å². The van der Waals surface area contributed by atoms with Crippen LogP contribution < -0.4 is 0 Å². The number of halogens is 4. The molecule has 4 nitrogen and oxygen atoms in total. The van der Waals surface area contributed by atoms with Crippen LogP contribution in [0.3, 0.4) is 0 Å². The van der Waals surface area contributed by atoms with Crippen molar-refractivity contribution in [2.45, 2.75) is 19.5 Å². The molecule has 0 atom stereocenters. The third-order valence-corrected chi connectivity index (χ3v) is 1.94. The van der Waals surface area contributed by atoms with E-state index in [1.54, 1.807) is 0 Å². The molecular weight excluding hydrogens is 249 g/mol. The van der Waals surface area contributed by atoms with Gasteiger partial charge in [-0.2, -0.15) is 13.2 Å². The van der Waals surface area contributed by atoms with Gasteiger partial charge in [0, 0.05) is 0 Å². The summed E-state index contributed by atoms with van der Waals surface area (Å²) in [6, 6.07) is 0. The van der Waals surface area contributed by atoms with Crippen LogP contribution in [0.25, 0.3) is 0 Å². The van der Waals surface area contributed by atoms with Gasteiger partial charge in [0.2, 0.25) is 5.28 Å². The van der Waals surface area contributed by atoms with Crippen LogP contribution in [0.2, 0.25) is 5.28 Å². The fourth-order valence-electron chi connectivity index (χ4n) is 1.16. The summed E-state index contributed by atoms with van der Waals surface area (Å²) < 4.78 is 37.5. The molecule has 1 N–H and O–H groups in total. The first-order valence-corrected chi connectivity index (χ1v) is 4.52. The van der Waals surface area contributed by atoms with Gasteiger partial charge >= 0.3 is 12.1 Å². The molecule has 0 bridgehead atoms. The fourth-order valence-corrected chi connectivity index (χ4v) is 1.35. The summed E-state index contributed by atoms with van der Waals surface area (Å²) in [4.78, 5) is 17.1. The summed E-state index contributed by atoms with van der Waals surface area (Å²) >= 11 is 5.30. The Morgan fingerprint density at radius 1 is 1.44 bits per heavy atom. The Hall–Kier alpha value is -1.37. The fraction of sp³-hybridized carbons (Fsp3) is 0.375. The van der Waals surface area contributed by atoms with Crippen LogP contribution >= 0.6 is 11.6 Å². The molecule has 0 aliphatic heterocycles. The molecule has 16 heavy (non-hydrogen) atoms. The second-order valence-electron chi connectivity index (χ2n) is 2.82. The Kier molecular flexibility index (Phi) is 3.37. The third kappa shape index (κ3) is 2.41. The van der Waals surface area contributed by atoms with Crippen LogP contribution in [0.1, 0.15) is 28.7 Å². The smallest absolute Gasteiger partial charge is 0.434 e. The molecule has 0 aliphatic rings. The Balaban J connectivity index is 3.57. The highest BCUT2D eigenvalue weighted by Gasteiger charge is 2.39. The number of carbonyl (C=O) groups is 1. The van der Waals surface area contributed by atoms with Gasteiger partial charge in [-0.1, -0.05) is 6.92 Å². The number of carboxylic acids is 1. The zero-order chi connectivity index (χ0) is 12.5. The van der Waals surface area contributed by atoms with E-state index in [-0.39, 0.29) is 12.1 Å². The number of hydrogen-bond donors (Lipinski definition) is 1. The minimum absolute atomic E-state index is 0.0208. The normalized spacial score (nSPS) is 11.6. The van der Waals surface area contributed by atoms with Gasteiger partial charge in [0.05, 0.1) is 5.69 Å². The van der Waals surface area contributed by atoms with E-state index in [0.29, 0.717) is 0 Å². The minimum Gasteiger partial charge on any atom is -0.478 e. The largest absolute Gasteiger partial charge is 0.478 e.